The monoisotopic (exact) mass is 268 g/mol. The molecule has 0 saturated carbocycles. The molecule has 3 rings (SSSR count). The minimum absolute atomic E-state index is 0.0537. The van der Waals surface area contributed by atoms with Crippen molar-refractivity contribution in [1.29, 1.82) is 0 Å². The summed E-state index contributed by atoms with van der Waals surface area (Å²) in [6.45, 7) is -0.344. The van der Waals surface area contributed by atoms with Crippen LogP contribution in [0, 0.1) is 0 Å². The van der Waals surface area contributed by atoms with Crippen LogP contribution in [0.25, 0.3) is 11.2 Å². The minimum atomic E-state index is -0.867. The van der Waals surface area contributed by atoms with E-state index in [1.807, 2.05) is 0 Å². The Morgan fingerprint density at radius 2 is 2.32 bits per heavy atom. The molecule has 4 N–H and O–H groups in total. The predicted molar refractivity (Wildman–Crippen MR) is 62.6 cm³/mol. The number of hydrogen-bond acceptors (Lipinski definition) is 6. The number of aromatic nitrogens is 4. The van der Waals surface area contributed by atoms with Crippen LogP contribution in [0.3, 0.4) is 0 Å². The van der Waals surface area contributed by atoms with Crippen LogP contribution in [0.15, 0.2) is 15.9 Å². The lowest BCUT2D eigenvalue weighted by atomic mass is 10.2. The zero-order valence-electron chi connectivity index (χ0n) is 9.74. The van der Waals surface area contributed by atoms with Gasteiger partial charge in [-0.2, -0.15) is 0 Å². The molecule has 0 spiro atoms. The van der Waals surface area contributed by atoms with Crippen molar-refractivity contribution < 1.29 is 14.9 Å². The molecule has 9 heteroatoms. The molecular formula is C10H12N4O5. The quantitative estimate of drug-likeness (QED) is 0.500. The first-order valence-electron chi connectivity index (χ1n) is 5.74. The third-order valence-electron chi connectivity index (χ3n) is 3.18. The van der Waals surface area contributed by atoms with Crippen LogP contribution in [0.1, 0.15) is 12.6 Å². The van der Waals surface area contributed by atoms with Gasteiger partial charge in [0, 0.05) is 6.42 Å². The predicted octanol–water partition coefficient (Wildman–Crippen LogP) is -1.95. The highest BCUT2D eigenvalue weighted by Gasteiger charge is 2.36. The lowest BCUT2D eigenvalue weighted by molar-refractivity contribution is -0.0441. The topological polar surface area (TPSA) is 133 Å². The van der Waals surface area contributed by atoms with Crippen LogP contribution in [0.2, 0.25) is 0 Å². The summed E-state index contributed by atoms with van der Waals surface area (Å²) in [5.74, 6) is 0. The van der Waals surface area contributed by atoms with E-state index in [4.69, 9.17) is 9.84 Å². The van der Waals surface area contributed by atoms with E-state index in [1.165, 1.54) is 10.9 Å². The maximum Gasteiger partial charge on any atom is 0.329 e. The highest BCUT2D eigenvalue weighted by molar-refractivity contribution is 5.68. The minimum Gasteiger partial charge on any atom is -0.394 e. The zero-order chi connectivity index (χ0) is 13.6. The van der Waals surface area contributed by atoms with Gasteiger partial charge in [0.1, 0.15) is 12.3 Å². The number of rotatable bonds is 2. The van der Waals surface area contributed by atoms with Crippen molar-refractivity contribution in [3.63, 3.8) is 0 Å². The summed E-state index contributed by atoms with van der Waals surface area (Å²) in [7, 11) is 0. The molecule has 1 saturated heterocycles. The van der Waals surface area contributed by atoms with Crippen molar-refractivity contribution in [2.24, 2.45) is 0 Å². The van der Waals surface area contributed by atoms with Crippen molar-refractivity contribution in [1.82, 2.24) is 19.5 Å². The Morgan fingerprint density at radius 3 is 3.00 bits per heavy atom. The molecule has 1 aliphatic rings. The van der Waals surface area contributed by atoms with Crippen LogP contribution in [0.5, 0.6) is 0 Å². The summed E-state index contributed by atoms with van der Waals surface area (Å²) in [6.07, 6.45) is -1.05. The largest absolute Gasteiger partial charge is 0.394 e. The van der Waals surface area contributed by atoms with E-state index in [-0.39, 0.29) is 24.2 Å². The summed E-state index contributed by atoms with van der Waals surface area (Å²) in [5.41, 5.74) is -0.796. The number of aliphatic hydroxyl groups is 2. The maximum atomic E-state index is 11.9. The third kappa shape index (κ3) is 1.79. The molecule has 3 atom stereocenters. The smallest absolute Gasteiger partial charge is 0.329 e. The summed E-state index contributed by atoms with van der Waals surface area (Å²) >= 11 is 0. The van der Waals surface area contributed by atoms with Crippen LogP contribution in [0.4, 0.5) is 0 Å². The van der Waals surface area contributed by atoms with Crippen molar-refractivity contribution in [3.8, 4) is 0 Å². The first-order chi connectivity index (χ1) is 9.11. The van der Waals surface area contributed by atoms with Crippen molar-refractivity contribution in [2.75, 3.05) is 6.61 Å². The lowest BCUT2D eigenvalue weighted by Crippen LogP contribution is -2.25. The van der Waals surface area contributed by atoms with Crippen molar-refractivity contribution >= 4 is 11.2 Å². The maximum absolute atomic E-state index is 11.9. The molecule has 0 bridgehead atoms. The molecule has 2 aromatic heterocycles. The molecule has 0 aliphatic carbocycles. The van der Waals surface area contributed by atoms with Gasteiger partial charge in [0.2, 0.25) is 0 Å². The molecule has 1 aliphatic heterocycles. The van der Waals surface area contributed by atoms with E-state index in [2.05, 4.69) is 15.0 Å². The molecule has 3 heterocycles. The van der Waals surface area contributed by atoms with Gasteiger partial charge in [-0.25, -0.2) is 14.3 Å². The van der Waals surface area contributed by atoms with Gasteiger partial charge in [0.15, 0.2) is 11.2 Å². The Kier molecular flexibility index (Phi) is 2.73. The van der Waals surface area contributed by atoms with E-state index in [1.54, 1.807) is 0 Å². The van der Waals surface area contributed by atoms with E-state index in [0.29, 0.717) is 0 Å². The first-order valence-corrected chi connectivity index (χ1v) is 5.74. The summed E-state index contributed by atoms with van der Waals surface area (Å²) in [4.78, 5) is 32.1. The van der Waals surface area contributed by atoms with Crippen molar-refractivity contribution in [3.05, 3.63) is 27.2 Å². The summed E-state index contributed by atoms with van der Waals surface area (Å²) in [5, 5.41) is 18.7. The van der Waals surface area contributed by atoms with E-state index in [0.717, 1.165) is 0 Å². The number of H-pyrrole nitrogens is 2. The van der Waals surface area contributed by atoms with Gasteiger partial charge >= 0.3 is 5.69 Å². The van der Waals surface area contributed by atoms with Crippen LogP contribution in [-0.4, -0.2) is 48.5 Å². The SMILES string of the molecule is O=c1[nH]cnc2c1[nH]c(=O)n2C1CC(O)C(CO)O1. The average molecular weight is 268 g/mol. The number of hydrogen-bond donors (Lipinski definition) is 4. The Bertz CT molecular complexity index is 717. The summed E-state index contributed by atoms with van der Waals surface area (Å²) < 4.78 is 6.56. The molecule has 9 nitrogen and oxygen atoms in total. The molecule has 2 aromatic rings. The molecule has 0 amide bonds. The number of nitrogens with zero attached hydrogens (tertiary/aromatic N) is 2. The second kappa shape index (κ2) is 4.30. The van der Waals surface area contributed by atoms with Crippen LogP contribution >= 0.6 is 0 Å². The Morgan fingerprint density at radius 1 is 1.53 bits per heavy atom. The highest BCUT2D eigenvalue weighted by Crippen LogP contribution is 2.28. The Hall–Kier alpha value is -1.97. The number of ether oxygens (including phenoxy) is 1. The number of fused-ring (bicyclic) bond motifs is 1. The van der Waals surface area contributed by atoms with Gasteiger partial charge in [-0.15, -0.1) is 0 Å². The second-order valence-electron chi connectivity index (χ2n) is 4.35. The number of aliphatic hydroxyl groups excluding tert-OH is 2. The second-order valence-corrected chi connectivity index (χ2v) is 4.35. The van der Waals surface area contributed by atoms with E-state index in [9.17, 15) is 14.7 Å². The number of nitrogens with one attached hydrogen (secondary N) is 2. The van der Waals surface area contributed by atoms with E-state index < -0.39 is 29.7 Å². The standard InChI is InChI=1S/C10H12N4O5/c15-2-5-4(16)1-6(19-5)14-8-7(13-10(14)18)9(17)12-3-11-8/h3-6,15-16H,1-2H2,(H,13,18)(H,11,12,17). The van der Waals surface area contributed by atoms with Crippen LogP contribution < -0.4 is 11.2 Å². The molecule has 1 fully saturated rings. The molecule has 0 radical (unpaired) electrons. The fourth-order valence-corrected chi connectivity index (χ4v) is 2.25. The van der Waals surface area contributed by atoms with Crippen LogP contribution in [-0.2, 0) is 4.74 Å². The molecule has 19 heavy (non-hydrogen) atoms. The normalized spacial score (nSPS) is 27.2. The van der Waals surface area contributed by atoms with Gasteiger partial charge < -0.3 is 19.9 Å². The first kappa shape index (κ1) is 12.1. The average Bonchev–Trinajstić information content (AvgIpc) is 2.90. The third-order valence-corrected chi connectivity index (χ3v) is 3.18. The number of imidazole rings is 1. The van der Waals surface area contributed by atoms with Gasteiger partial charge in [0.05, 0.1) is 19.0 Å². The fourth-order valence-electron chi connectivity index (χ4n) is 2.25. The highest BCUT2D eigenvalue weighted by atomic mass is 16.5. The molecule has 102 valence electrons. The number of aromatic amines is 2. The molecule has 0 aromatic carbocycles. The van der Waals surface area contributed by atoms with Gasteiger partial charge in [-0.05, 0) is 0 Å². The Balaban J connectivity index is 2.12. The van der Waals surface area contributed by atoms with Gasteiger partial charge in [-0.3, -0.25) is 9.78 Å². The van der Waals surface area contributed by atoms with Crippen molar-refractivity contribution in [2.45, 2.75) is 24.9 Å². The Labute approximate surface area is 105 Å². The molecule has 3 unspecified atom stereocenters. The molecular weight excluding hydrogens is 256 g/mol. The summed E-state index contributed by atoms with van der Waals surface area (Å²) in [6, 6.07) is 0. The fraction of sp³-hybridized carbons (Fsp3) is 0.500. The zero-order valence-corrected chi connectivity index (χ0v) is 9.74. The van der Waals surface area contributed by atoms with Gasteiger partial charge in [0.25, 0.3) is 5.56 Å². The lowest BCUT2D eigenvalue weighted by Gasteiger charge is -2.12. The van der Waals surface area contributed by atoms with E-state index >= 15 is 0 Å². The van der Waals surface area contributed by atoms with Gasteiger partial charge in [-0.1, -0.05) is 0 Å².